The molecule has 0 unspecified atom stereocenters. The van der Waals surface area contributed by atoms with Crippen molar-refractivity contribution in [3.05, 3.63) is 101 Å². The number of sulfonamides is 1. The van der Waals surface area contributed by atoms with E-state index >= 15 is 0 Å². The maximum Gasteiger partial charge on any atom is 0.251 e. The van der Waals surface area contributed by atoms with Gasteiger partial charge in [-0.3, -0.25) is 9.59 Å². The van der Waals surface area contributed by atoms with E-state index in [1.807, 2.05) is 54.6 Å². The van der Waals surface area contributed by atoms with Gasteiger partial charge < -0.3 is 15.4 Å². The van der Waals surface area contributed by atoms with Gasteiger partial charge in [-0.15, -0.1) is 0 Å². The van der Waals surface area contributed by atoms with Crippen molar-refractivity contribution in [1.82, 2.24) is 14.9 Å². The van der Waals surface area contributed by atoms with E-state index in [0.717, 1.165) is 21.0 Å². The molecule has 0 saturated carbocycles. The summed E-state index contributed by atoms with van der Waals surface area (Å²) in [5.74, 6) is -0.645. The number of benzene rings is 3. The predicted octanol–water partition coefficient (Wildman–Crippen LogP) is 2.45. The number of piperazine rings is 1. The molecule has 182 valence electrons. The minimum absolute atomic E-state index is 0.0460. The molecule has 35 heavy (non-hydrogen) atoms. The fourth-order valence-electron chi connectivity index (χ4n) is 3.75. The molecule has 0 atom stereocenters. The quantitative estimate of drug-likeness (QED) is 0.477. The second-order valence-corrected chi connectivity index (χ2v) is 10.1. The van der Waals surface area contributed by atoms with E-state index in [-0.39, 0.29) is 36.3 Å². The fourth-order valence-corrected chi connectivity index (χ4v) is 5.15. The van der Waals surface area contributed by atoms with Gasteiger partial charge in [0.1, 0.15) is 0 Å². The number of rotatable bonds is 9. The zero-order valence-electron chi connectivity index (χ0n) is 19.1. The van der Waals surface area contributed by atoms with E-state index in [0.29, 0.717) is 25.3 Å². The standard InChI is InChI=1S/C26H27N3O5S/c30-25-17-29(15-14-27-25)35(32,33)24-12-10-21(11-13-24)26(31)28-16-22-8-4-5-9-23(22)19-34-18-20-6-2-1-3-7-20/h1-13H,14-19H2,(H,27,30)(H,28,31). The van der Waals surface area contributed by atoms with Gasteiger partial charge in [0.25, 0.3) is 5.91 Å². The summed E-state index contributed by atoms with van der Waals surface area (Å²) in [6.45, 7) is 1.51. The highest BCUT2D eigenvalue weighted by Gasteiger charge is 2.29. The fraction of sp³-hybridized carbons (Fsp3) is 0.231. The van der Waals surface area contributed by atoms with Crippen molar-refractivity contribution in [3.8, 4) is 0 Å². The van der Waals surface area contributed by atoms with Crippen LogP contribution in [0.4, 0.5) is 0 Å². The molecule has 0 radical (unpaired) electrons. The SMILES string of the molecule is O=C1CN(S(=O)(=O)c2ccc(C(=O)NCc3ccccc3COCc3ccccc3)cc2)CCN1. The van der Waals surface area contributed by atoms with Crippen LogP contribution in [0.2, 0.25) is 0 Å². The highest BCUT2D eigenvalue weighted by Crippen LogP contribution is 2.18. The van der Waals surface area contributed by atoms with Crippen molar-refractivity contribution < 1.29 is 22.7 Å². The summed E-state index contributed by atoms with van der Waals surface area (Å²) in [6, 6.07) is 23.4. The first-order chi connectivity index (χ1) is 16.9. The van der Waals surface area contributed by atoms with E-state index in [1.165, 1.54) is 24.3 Å². The molecule has 3 aromatic rings. The number of nitrogens with one attached hydrogen (secondary N) is 2. The van der Waals surface area contributed by atoms with E-state index in [1.54, 1.807) is 0 Å². The Kier molecular flexibility index (Phi) is 7.91. The van der Waals surface area contributed by atoms with Crippen molar-refractivity contribution in [2.24, 2.45) is 0 Å². The Morgan fingerprint density at radius 2 is 1.60 bits per heavy atom. The van der Waals surface area contributed by atoms with Crippen LogP contribution in [-0.4, -0.2) is 44.2 Å². The molecule has 2 amide bonds. The van der Waals surface area contributed by atoms with Crippen molar-refractivity contribution in [1.29, 1.82) is 0 Å². The number of carbonyl (C=O) groups excluding carboxylic acids is 2. The van der Waals surface area contributed by atoms with Crippen molar-refractivity contribution in [3.63, 3.8) is 0 Å². The number of carbonyl (C=O) groups is 2. The number of amides is 2. The molecule has 1 saturated heterocycles. The lowest BCUT2D eigenvalue weighted by atomic mass is 10.1. The monoisotopic (exact) mass is 493 g/mol. The zero-order valence-corrected chi connectivity index (χ0v) is 20.0. The van der Waals surface area contributed by atoms with Gasteiger partial charge in [0.05, 0.1) is 24.7 Å². The van der Waals surface area contributed by atoms with Gasteiger partial charge in [0.15, 0.2) is 0 Å². The normalized spacial score (nSPS) is 14.3. The van der Waals surface area contributed by atoms with Crippen LogP contribution in [0.15, 0.2) is 83.8 Å². The maximum atomic E-state index is 12.8. The molecule has 0 aromatic heterocycles. The minimum atomic E-state index is -3.80. The van der Waals surface area contributed by atoms with Crippen molar-refractivity contribution in [2.75, 3.05) is 19.6 Å². The van der Waals surface area contributed by atoms with Gasteiger partial charge in [-0.2, -0.15) is 4.31 Å². The highest BCUT2D eigenvalue weighted by molar-refractivity contribution is 7.89. The number of ether oxygens (including phenoxy) is 1. The summed E-state index contributed by atoms with van der Waals surface area (Å²) in [4.78, 5) is 24.3. The molecular weight excluding hydrogens is 466 g/mol. The molecule has 1 aliphatic heterocycles. The Labute approximate surface area is 205 Å². The highest BCUT2D eigenvalue weighted by atomic mass is 32.2. The van der Waals surface area contributed by atoms with Crippen LogP contribution in [0.3, 0.4) is 0 Å². The lowest BCUT2D eigenvalue weighted by Crippen LogP contribution is -2.49. The first-order valence-corrected chi connectivity index (χ1v) is 12.7. The molecule has 0 bridgehead atoms. The first-order valence-electron chi connectivity index (χ1n) is 11.3. The average molecular weight is 494 g/mol. The molecule has 1 aliphatic rings. The minimum Gasteiger partial charge on any atom is -0.372 e. The van der Waals surface area contributed by atoms with Gasteiger partial charge in [0, 0.05) is 25.2 Å². The van der Waals surface area contributed by atoms with Crippen LogP contribution in [0.1, 0.15) is 27.0 Å². The van der Waals surface area contributed by atoms with Crippen molar-refractivity contribution in [2.45, 2.75) is 24.7 Å². The van der Waals surface area contributed by atoms with Gasteiger partial charge in [-0.1, -0.05) is 54.6 Å². The third-order valence-electron chi connectivity index (χ3n) is 5.68. The molecule has 0 spiro atoms. The Morgan fingerprint density at radius 3 is 2.31 bits per heavy atom. The van der Waals surface area contributed by atoms with Crippen LogP contribution in [0.25, 0.3) is 0 Å². The van der Waals surface area contributed by atoms with Gasteiger partial charge in [-0.25, -0.2) is 8.42 Å². The number of hydrogen-bond donors (Lipinski definition) is 2. The molecule has 9 heteroatoms. The molecule has 1 fully saturated rings. The summed E-state index contributed by atoms with van der Waals surface area (Å²) >= 11 is 0. The third-order valence-corrected chi connectivity index (χ3v) is 7.54. The molecule has 2 N–H and O–H groups in total. The van der Waals surface area contributed by atoms with Crippen LogP contribution >= 0.6 is 0 Å². The summed E-state index contributed by atoms with van der Waals surface area (Å²) < 4.78 is 32.5. The van der Waals surface area contributed by atoms with E-state index in [2.05, 4.69) is 10.6 Å². The van der Waals surface area contributed by atoms with Crippen LogP contribution in [0, 0.1) is 0 Å². The summed E-state index contributed by atoms with van der Waals surface area (Å²) in [5.41, 5.74) is 3.36. The van der Waals surface area contributed by atoms with Crippen LogP contribution in [-0.2, 0) is 39.3 Å². The first kappa shape index (κ1) is 24.6. The summed E-state index contributed by atoms with van der Waals surface area (Å²) in [7, 11) is -3.80. The number of nitrogens with zero attached hydrogens (tertiary/aromatic N) is 1. The molecule has 0 aliphatic carbocycles. The lowest BCUT2D eigenvalue weighted by Gasteiger charge is -2.25. The van der Waals surface area contributed by atoms with Gasteiger partial charge >= 0.3 is 0 Å². The molecule has 3 aromatic carbocycles. The number of hydrogen-bond acceptors (Lipinski definition) is 5. The Bertz CT molecular complexity index is 1280. The van der Waals surface area contributed by atoms with E-state index in [9.17, 15) is 18.0 Å². The lowest BCUT2D eigenvalue weighted by molar-refractivity contribution is -0.122. The third kappa shape index (κ3) is 6.33. The smallest absolute Gasteiger partial charge is 0.251 e. The topological polar surface area (TPSA) is 105 Å². The second kappa shape index (κ2) is 11.3. The predicted molar refractivity (Wildman–Crippen MR) is 131 cm³/mol. The summed E-state index contributed by atoms with van der Waals surface area (Å²) in [6.07, 6.45) is 0. The van der Waals surface area contributed by atoms with Crippen molar-refractivity contribution >= 4 is 21.8 Å². The zero-order chi connectivity index (χ0) is 24.7. The summed E-state index contributed by atoms with van der Waals surface area (Å²) in [5, 5.41) is 5.49. The molecule has 8 nitrogen and oxygen atoms in total. The van der Waals surface area contributed by atoms with Gasteiger partial charge in [-0.05, 0) is 41.0 Å². The molecule has 1 heterocycles. The molecular formula is C26H27N3O5S. The average Bonchev–Trinajstić information content (AvgIpc) is 2.88. The Morgan fingerprint density at radius 1 is 0.914 bits per heavy atom. The maximum absolute atomic E-state index is 12.8. The second-order valence-electron chi connectivity index (χ2n) is 8.14. The molecule has 4 rings (SSSR count). The van der Waals surface area contributed by atoms with Gasteiger partial charge in [0.2, 0.25) is 15.9 Å². The van der Waals surface area contributed by atoms with E-state index < -0.39 is 10.0 Å². The Hall–Kier alpha value is -3.53. The Balaban J connectivity index is 1.34. The van der Waals surface area contributed by atoms with Crippen LogP contribution < -0.4 is 10.6 Å². The largest absolute Gasteiger partial charge is 0.372 e. The van der Waals surface area contributed by atoms with Crippen LogP contribution in [0.5, 0.6) is 0 Å². The van der Waals surface area contributed by atoms with E-state index in [4.69, 9.17) is 4.74 Å².